The van der Waals surface area contributed by atoms with E-state index in [0.717, 1.165) is 22.5 Å². The number of halogens is 1. The number of nitrogens with one attached hydrogen (secondary N) is 1. The standard InChI is InChI=1S/C15H17BrN2O/c1-3-18-11(2)12-4-6-14(7-5-12)19-15-8-13(16)9-17-10-15/h4-11,18H,3H2,1-2H3. The topological polar surface area (TPSA) is 34.1 Å². The van der Waals surface area contributed by atoms with Gasteiger partial charge in [0.05, 0.1) is 6.20 Å². The fraction of sp³-hybridized carbons (Fsp3) is 0.267. The van der Waals surface area contributed by atoms with Crippen molar-refractivity contribution < 1.29 is 4.74 Å². The number of rotatable bonds is 5. The predicted octanol–water partition coefficient (Wildman–Crippen LogP) is 4.31. The van der Waals surface area contributed by atoms with Crippen LogP contribution >= 0.6 is 15.9 Å². The summed E-state index contributed by atoms with van der Waals surface area (Å²) in [5.74, 6) is 1.54. The largest absolute Gasteiger partial charge is 0.456 e. The Bertz CT molecular complexity index is 528. The number of nitrogens with zero attached hydrogens (tertiary/aromatic N) is 1. The van der Waals surface area contributed by atoms with Gasteiger partial charge in [0.1, 0.15) is 11.5 Å². The maximum Gasteiger partial charge on any atom is 0.146 e. The smallest absolute Gasteiger partial charge is 0.146 e. The lowest BCUT2D eigenvalue weighted by atomic mass is 10.1. The summed E-state index contributed by atoms with van der Waals surface area (Å²) in [4.78, 5) is 4.07. The minimum Gasteiger partial charge on any atom is -0.456 e. The second-order valence-electron chi connectivity index (χ2n) is 4.29. The highest BCUT2D eigenvalue weighted by Gasteiger charge is 2.04. The van der Waals surface area contributed by atoms with Crippen LogP contribution in [0.3, 0.4) is 0 Å². The van der Waals surface area contributed by atoms with Gasteiger partial charge in [-0.3, -0.25) is 4.98 Å². The lowest BCUT2D eigenvalue weighted by molar-refractivity contribution is 0.479. The van der Waals surface area contributed by atoms with E-state index in [2.05, 4.69) is 52.2 Å². The molecule has 2 rings (SSSR count). The van der Waals surface area contributed by atoms with Crippen molar-refractivity contribution in [3.63, 3.8) is 0 Å². The Morgan fingerprint density at radius 1 is 1.21 bits per heavy atom. The molecule has 1 unspecified atom stereocenters. The van der Waals surface area contributed by atoms with Gasteiger partial charge in [0.15, 0.2) is 0 Å². The van der Waals surface area contributed by atoms with Crippen molar-refractivity contribution in [2.45, 2.75) is 19.9 Å². The number of benzene rings is 1. The highest BCUT2D eigenvalue weighted by molar-refractivity contribution is 9.10. The SMILES string of the molecule is CCNC(C)c1ccc(Oc2cncc(Br)c2)cc1. The first-order chi connectivity index (χ1) is 9.19. The second kappa shape index (κ2) is 6.68. The van der Waals surface area contributed by atoms with Gasteiger partial charge >= 0.3 is 0 Å². The van der Waals surface area contributed by atoms with E-state index in [1.807, 2.05) is 18.2 Å². The van der Waals surface area contributed by atoms with Gasteiger partial charge in [0, 0.05) is 16.7 Å². The number of pyridine rings is 1. The number of hydrogen-bond acceptors (Lipinski definition) is 3. The molecular formula is C15H17BrN2O. The van der Waals surface area contributed by atoms with Crippen LogP contribution in [0.5, 0.6) is 11.5 Å². The summed E-state index contributed by atoms with van der Waals surface area (Å²) in [6.07, 6.45) is 3.42. The average molecular weight is 321 g/mol. The molecule has 0 amide bonds. The van der Waals surface area contributed by atoms with Crippen molar-refractivity contribution in [1.82, 2.24) is 10.3 Å². The van der Waals surface area contributed by atoms with Crippen LogP contribution in [0.25, 0.3) is 0 Å². The molecule has 0 fully saturated rings. The number of ether oxygens (including phenoxy) is 1. The predicted molar refractivity (Wildman–Crippen MR) is 80.5 cm³/mol. The molecule has 1 N–H and O–H groups in total. The van der Waals surface area contributed by atoms with Gasteiger partial charge < -0.3 is 10.1 Å². The summed E-state index contributed by atoms with van der Waals surface area (Å²) in [5, 5.41) is 3.38. The zero-order valence-electron chi connectivity index (χ0n) is 11.1. The third kappa shape index (κ3) is 4.04. The van der Waals surface area contributed by atoms with Crippen LogP contribution in [0.15, 0.2) is 47.2 Å². The van der Waals surface area contributed by atoms with Crippen LogP contribution in [0.2, 0.25) is 0 Å². The molecule has 0 aliphatic rings. The van der Waals surface area contributed by atoms with E-state index in [0.29, 0.717) is 6.04 Å². The molecule has 0 aliphatic heterocycles. The van der Waals surface area contributed by atoms with Gasteiger partial charge in [0.2, 0.25) is 0 Å². The van der Waals surface area contributed by atoms with Gasteiger partial charge in [0.25, 0.3) is 0 Å². The van der Waals surface area contributed by atoms with Crippen molar-refractivity contribution in [2.75, 3.05) is 6.54 Å². The Labute approximate surface area is 122 Å². The molecule has 1 aromatic heterocycles. The van der Waals surface area contributed by atoms with E-state index >= 15 is 0 Å². The fourth-order valence-corrected chi connectivity index (χ4v) is 2.18. The van der Waals surface area contributed by atoms with Crippen molar-refractivity contribution in [1.29, 1.82) is 0 Å². The first kappa shape index (κ1) is 14.0. The molecule has 0 bridgehead atoms. The third-order valence-electron chi connectivity index (χ3n) is 2.81. The first-order valence-corrected chi connectivity index (χ1v) is 7.10. The Kier molecular flexibility index (Phi) is 4.93. The molecule has 1 heterocycles. The molecule has 1 atom stereocenters. The summed E-state index contributed by atoms with van der Waals surface area (Å²) in [5.41, 5.74) is 1.25. The zero-order valence-corrected chi connectivity index (χ0v) is 12.6. The molecule has 2 aromatic rings. The summed E-state index contributed by atoms with van der Waals surface area (Å²) < 4.78 is 6.65. The Balaban J connectivity index is 2.06. The van der Waals surface area contributed by atoms with Gasteiger partial charge in [-0.15, -0.1) is 0 Å². The van der Waals surface area contributed by atoms with Crippen LogP contribution in [0.4, 0.5) is 0 Å². The van der Waals surface area contributed by atoms with Crippen LogP contribution < -0.4 is 10.1 Å². The molecule has 3 nitrogen and oxygen atoms in total. The van der Waals surface area contributed by atoms with E-state index in [4.69, 9.17) is 4.74 Å². The molecule has 0 radical (unpaired) electrons. The van der Waals surface area contributed by atoms with Gasteiger partial charge in [-0.2, -0.15) is 0 Å². The van der Waals surface area contributed by atoms with Gasteiger partial charge in [-0.25, -0.2) is 0 Å². The summed E-state index contributed by atoms with van der Waals surface area (Å²) in [7, 11) is 0. The zero-order chi connectivity index (χ0) is 13.7. The van der Waals surface area contributed by atoms with E-state index in [-0.39, 0.29) is 0 Å². The Morgan fingerprint density at radius 2 is 1.95 bits per heavy atom. The van der Waals surface area contributed by atoms with E-state index in [1.54, 1.807) is 12.4 Å². The molecule has 0 spiro atoms. The quantitative estimate of drug-likeness (QED) is 0.891. The molecule has 4 heteroatoms. The van der Waals surface area contributed by atoms with Crippen LogP contribution in [0.1, 0.15) is 25.5 Å². The molecule has 0 aliphatic carbocycles. The van der Waals surface area contributed by atoms with Gasteiger partial charge in [-0.05, 0) is 53.2 Å². The molecule has 100 valence electrons. The van der Waals surface area contributed by atoms with Crippen LogP contribution in [0, 0.1) is 0 Å². The highest BCUT2D eigenvalue weighted by atomic mass is 79.9. The molecule has 0 saturated heterocycles. The van der Waals surface area contributed by atoms with E-state index in [1.165, 1.54) is 5.56 Å². The Hall–Kier alpha value is -1.39. The first-order valence-electron chi connectivity index (χ1n) is 6.31. The summed E-state index contributed by atoms with van der Waals surface area (Å²) >= 11 is 3.37. The van der Waals surface area contributed by atoms with Crippen molar-refractivity contribution in [3.8, 4) is 11.5 Å². The average Bonchev–Trinajstić information content (AvgIpc) is 2.40. The highest BCUT2D eigenvalue weighted by Crippen LogP contribution is 2.24. The molecule has 1 aromatic carbocycles. The van der Waals surface area contributed by atoms with Gasteiger partial charge in [-0.1, -0.05) is 19.1 Å². The number of aromatic nitrogens is 1. The van der Waals surface area contributed by atoms with Crippen molar-refractivity contribution in [3.05, 3.63) is 52.8 Å². The van der Waals surface area contributed by atoms with Crippen LogP contribution in [-0.2, 0) is 0 Å². The second-order valence-corrected chi connectivity index (χ2v) is 5.20. The van der Waals surface area contributed by atoms with E-state index in [9.17, 15) is 0 Å². The van der Waals surface area contributed by atoms with Crippen molar-refractivity contribution >= 4 is 15.9 Å². The maximum absolute atomic E-state index is 5.74. The molecular weight excluding hydrogens is 304 g/mol. The number of hydrogen-bond donors (Lipinski definition) is 1. The third-order valence-corrected chi connectivity index (χ3v) is 3.24. The minimum absolute atomic E-state index is 0.353. The monoisotopic (exact) mass is 320 g/mol. The normalized spacial score (nSPS) is 12.2. The van der Waals surface area contributed by atoms with Crippen molar-refractivity contribution in [2.24, 2.45) is 0 Å². The fourth-order valence-electron chi connectivity index (χ4n) is 1.83. The molecule has 19 heavy (non-hydrogen) atoms. The lowest BCUT2D eigenvalue weighted by Gasteiger charge is -2.13. The summed E-state index contributed by atoms with van der Waals surface area (Å²) in [6, 6.07) is 10.4. The minimum atomic E-state index is 0.353. The molecule has 0 saturated carbocycles. The lowest BCUT2D eigenvalue weighted by Crippen LogP contribution is -2.17. The maximum atomic E-state index is 5.74. The van der Waals surface area contributed by atoms with Crippen LogP contribution in [-0.4, -0.2) is 11.5 Å². The summed E-state index contributed by atoms with van der Waals surface area (Å²) in [6.45, 7) is 5.22. The van der Waals surface area contributed by atoms with E-state index < -0.39 is 0 Å². The Morgan fingerprint density at radius 3 is 2.58 bits per heavy atom.